The summed E-state index contributed by atoms with van der Waals surface area (Å²) in [6, 6.07) is 16.2. The van der Waals surface area contributed by atoms with E-state index in [1.54, 1.807) is 30.5 Å². The van der Waals surface area contributed by atoms with E-state index >= 15 is 0 Å². The number of aromatic nitrogens is 1. The van der Waals surface area contributed by atoms with Crippen LogP contribution in [0.15, 0.2) is 65.2 Å². The predicted octanol–water partition coefficient (Wildman–Crippen LogP) is 2.93. The molecule has 1 saturated heterocycles. The normalized spacial score (nSPS) is 18.3. The first-order valence-electron chi connectivity index (χ1n) is 8.64. The van der Waals surface area contributed by atoms with Crippen molar-refractivity contribution in [1.82, 2.24) is 10.3 Å². The van der Waals surface area contributed by atoms with Crippen LogP contribution in [0.4, 0.5) is 0 Å². The Bertz CT molecular complexity index is 1070. The maximum Gasteiger partial charge on any atom is 0.252 e. The van der Waals surface area contributed by atoms with Gasteiger partial charge in [0.15, 0.2) is 15.6 Å². The SMILES string of the molecule is O=C(N[C@H]1CCS(=O)(=O)C1)c1ccccc1-c1ncc(-c2ccccc2)o1. The lowest BCUT2D eigenvalue weighted by molar-refractivity contribution is 0.0941. The molecule has 0 radical (unpaired) electrons. The number of oxazole rings is 1. The molecule has 4 rings (SSSR count). The van der Waals surface area contributed by atoms with Crippen LogP contribution in [0.5, 0.6) is 0 Å². The second-order valence-corrected chi connectivity index (χ2v) is 8.74. The van der Waals surface area contributed by atoms with Crippen LogP contribution in [-0.4, -0.2) is 36.9 Å². The average Bonchev–Trinajstić information content (AvgIpc) is 3.29. The monoisotopic (exact) mass is 382 g/mol. The molecule has 2 heterocycles. The highest BCUT2D eigenvalue weighted by Crippen LogP contribution is 2.28. The fourth-order valence-corrected chi connectivity index (χ4v) is 4.85. The van der Waals surface area contributed by atoms with Gasteiger partial charge in [0, 0.05) is 17.2 Å². The van der Waals surface area contributed by atoms with E-state index in [-0.39, 0.29) is 23.5 Å². The second kappa shape index (κ2) is 7.00. The summed E-state index contributed by atoms with van der Waals surface area (Å²) in [5.74, 6) is 0.728. The maximum atomic E-state index is 12.7. The van der Waals surface area contributed by atoms with Gasteiger partial charge in [-0.2, -0.15) is 0 Å². The van der Waals surface area contributed by atoms with Crippen LogP contribution in [0.25, 0.3) is 22.8 Å². The minimum Gasteiger partial charge on any atom is -0.436 e. The predicted molar refractivity (Wildman–Crippen MR) is 102 cm³/mol. The van der Waals surface area contributed by atoms with Crippen molar-refractivity contribution in [1.29, 1.82) is 0 Å². The lowest BCUT2D eigenvalue weighted by Crippen LogP contribution is -2.35. The first kappa shape index (κ1) is 17.5. The summed E-state index contributed by atoms with van der Waals surface area (Å²) in [7, 11) is -3.06. The molecule has 1 amide bonds. The summed E-state index contributed by atoms with van der Waals surface area (Å²) in [6.07, 6.45) is 2.07. The van der Waals surface area contributed by atoms with Gasteiger partial charge in [-0.3, -0.25) is 4.79 Å². The van der Waals surface area contributed by atoms with E-state index in [1.807, 2.05) is 30.3 Å². The summed E-state index contributed by atoms with van der Waals surface area (Å²) < 4.78 is 29.1. The highest BCUT2D eigenvalue weighted by atomic mass is 32.2. The summed E-state index contributed by atoms with van der Waals surface area (Å²) in [4.78, 5) is 17.0. The molecule has 1 aliphatic heterocycles. The number of hydrogen-bond acceptors (Lipinski definition) is 5. The van der Waals surface area contributed by atoms with Crippen molar-refractivity contribution in [3.8, 4) is 22.8 Å². The van der Waals surface area contributed by atoms with Crippen molar-refractivity contribution in [2.75, 3.05) is 11.5 Å². The van der Waals surface area contributed by atoms with Gasteiger partial charge in [-0.05, 0) is 18.6 Å². The molecule has 3 aromatic rings. The molecule has 1 aliphatic rings. The molecule has 27 heavy (non-hydrogen) atoms. The van der Waals surface area contributed by atoms with E-state index in [1.165, 1.54) is 0 Å². The topological polar surface area (TPSA) is 89.3 Å². The molecule has 6 nitrogen and oxygen atoms in total. The number of rotatable bonds is 4. The largest absolute Gasteiger partial charge is 0.436 e. The van der Waals surface area contributed by atoms with E-state index < -0.39 is 9.84 Å². The van der Waals surface area contributed by atoms with Gasteiger partial charge < -0.3 is 9.73 Å². The molecule has 0 bridgehead atoms. The molecule has 1 atom stereocenters. The summed E-state index contributed by atoms with van der Waals surface area (Å²) in [5, 5.41) is 2.81. The Morgan fingerprint density at radius 2 is 1.81 bits per heavy atom. The minimum atomic E-state index is -3.06. The van der Waals surface area contributed by atoms with E-state index in [2.05, 4.69) is 10.3 Å². The molecular formula is C20H18N2O4S. The van der Waals surface area contributed by atoms with E-state index in [9.17, 15) is 13.2 Å². The summed E-state index contributed by atoms with van der Waals surface area (Å²) in [5.41, 5.74) is 1.87. The van der Waals surface area contributed by atoms with Crippen molar-refractivity contribution < 1.29 is 17.6 Å². The molecule has 2 aromatic carbocycles. The summed E-state index contributed by atoms with van der Waals surface area (Å²) in [6.45, 7) is 0. The van der Waals surface area contributed by atoms with Crippen LogP contribution in [0.3, 0.4) is 0 Å². The zero-order valence-corrected chi connectivity index (χ0v) is 15.3. The van der Waals surface area contributed by atoms with Crippen molar-refractivity contribution in [2.24, 2.45) is 0 Å². The van der Waals surface area contributed by atoms with Crippen molar-refractivity contribution in [3.05, 3.63) is 66.4 Å². The van der Waals surface area contributed by atoms with Crippen molar-refractivity contribution in [3.63, 3.8) is 0 Å². The van der Waals surface area contributed by atoms with E-state index in [0.717, 1.165) is 5.56 Å². The number of carbonyl (C=O) groups excluding carboxylic acids is 1. The Labute approximate surface area is 157 Å². The zero-order chi connectivity index (χ0) is 18.9. The smallest absolute Gasteiger partial charge is 0.252 e. The molecule has 7 heteroatoms. The first-order chi connectivity index (χ1) is 13.0. The molecule has 0 unspecified atom stereocenters. The standard InChI is InChI=1S/C20H18N2O4S/c23-19(22-15-10-11-27(24,25)13-15)16-8-4-5-9-17(16)20-21-12-18(26-20)14-6-2-1-3-7-14/h1-9,12,15H,10-11,13H2,(H,22,23)/t15-/m0/s1. The van der Waals surface area contributed by atoms with Crippen LogP contribution >= 0.6 is 0 Å². The average molecular weight is 382 g/mol. The van der Waals surface area contributed by atoms with Gasteiger partial charge in [0.2, 0.25) is 5.89 Å². The van der Waals surface area contributed by atoms with Gasteiger partial charge in [-0.25, -0.2) is 13.4 Å². The van der Waals surface area contributed by atoms with Crippen molar-refractivity contribution in [2.45, 2.75) is 12.5 Å². The number of carbonyl (C=O) groups is 1. The van der Waals surface area contributed by atoms with Gasteiger partial charge in [-0.15, -0.1) is 0 Å². The molecule has 0 saturated carbocycles. The van der Waals surface area contributed by atoms with Crippen LogP contribution in [0.1, 0.15) is 16.8 Å². The lowest BCUT2D eigenvalue weighted by Gasteiger charge is -2.12. The molecular weight excluding hydrogens is 364 g/mol. The Kier molecular flexibility index (Phi) is 4.53. The van der Waals surface area contributed by atoms with Gasteiger partial charge in [0.25, 0.3) is 5.91 Å². The quantitative estimate of drug-likeness (QED) is 0.749. The van der Waals surface area contributed by atoms with E-state index in [4.69, 9.17) is 4.42 Å². The second-order valence-electron chi connectivity index (χ2n) is 6.51. The van der Waals surface area contributed by atoms with Gasteiger partial charge in [-0.1, -0.05) is 42.5 Å². The molecule has 138 valence electrons. The maximum absolute atomic E-state index is 12.7. The highest BCUT2D eigenvalue weighted by Gasteiger charge is 2.29. The Morgan fingerprint density at radius 3 is 2.56 bits per heavy atom. The Balaban J connectivity index is 1.60. The number of amides is 1. The molecule has 1 N–H and O–H groups in total. The zero-order valence-electron chi connectivity index (χ0n) is 14.5. The fraction of sp³-hybridized carbons (Fsp3) is 0.200. The lowest BCUT2D eigenvalue weighted by atomic mass is 10.1. The Morgan fingerprint density at radius 1 is 1.07 bits per heavy atom. The van der Waals surface area contributed by atoms with Gasteiger partial charge in [0.05, 0.1) is 23.3 Å². The fourth-order valence-electron chi connectivity index (χ4n) is 3.17. The number of nitrogens with zero attached hydrogens (tertiary/aromatic N) is 1. The van der Waals surface area contributed by atoms with Crippen LogP contribution in [0, 0.1) is 0 Å². The minimum absolute atomic E-state index is 0.0158. The molecule has 1 fully saturated rings. The first-order valence-corrected chi connectivity index (χ1v) is 10.5. The third-order valence-electron chi connectivity index (χ3n) is 4.53. The Hall–Kier alpha value is -2.93. The third-order valence-corrected chi connectivity index (χ3v) is 6.30. The number of sulfone groups is 1. The number of benzene rings is 2. The van der Waals surface area contributed by atoms with Crippen LogP contribution < -0.4 is 5.32 Å². The number of nitrogens with one attached hydrogen (secondary N) is 1. The molecule has 0 spiro atoms. The molecule has 0 aliphatic carbocycles. The highest BCUT2D eigenvalue weighted by molar-refractivity contribution is 7.91. The van der Waals surface area contributed by atoms with Gasteiger partial charge >= 0.3 is 0 Å². The summed E-state index contributed by atoms with van der Waals surface area (Å²) >= 11 is 0. The molecule has 1 aromatic heterocycles. The van der Waals surface area contributed by atoms with Crippen LogP contribution in [0.2, 0.25) is 0 Å². The van der Waals surface area contributed by atoms with Crippen LogP contribution in [-0.2, 0) is 9.84 Å². The third kappa shape index (κ3) is 3.78. The van der Waals surface area contributed by atoms with Gasteiger partial charge in [0.1, 0.15) is 0 Å². The number of hydrogen-bond donors (Lipinski definition) is 1. The van der Waals surface area contributed by atoms with Crippen molar-refractivity contribution >= 4 is 15.7 Å². The van der Waals surface area contributed by atoms with E-state index in [0.29, 0.717) is 29.2 Å².